The lowest BCUT2D eigenvalue weighted by Crippen LogP contribution is -2.60. The lowest BCUT2D eigenvalue weighted by molar-refractivity contribution is -0.339. The molecule has 6 N–H and O–H groups in total. The highest BCUT2D eigenvalue weighted by Gasteiger charge is 2.49. The van der Waals surface area contributed by atoms with Gasteiger partial charge in [0.15, 0.2) is 11.7 Å². The molecule has 29 heavy (non-hydrogen) atoms. The zero-order valence-corrected chi connectivity index (χ0v) is 15.9. The topological polar surface area (TPSA) is 192 Å². The molecule has 0 bridgehead atoms. The van der Waals surface area contributed by atoms with Gasteiger partial charge in [-0.3, -0.25) is 9.35 Å². The smallest absolute Gasteiger partial charge is 0.286 e. The van der Waals surface area contributed by atoms with Gasteiger partial charge in [0.1, 0.15) is 24.4 Å². The van der Waals surface area contributed by atoms with Gasteiger partial charge in [0.25, 0.3) is 16.0 Å². The van der Waals surface area contributed by atoms with E-state index in [9.17, 15) is 38.2 Å². The van der Waals surface area contributed by atoms with E-state index in [0.717, 1.165) is 6.26 Å². The Kier molecular flexibility index (Phi) is 6.31. The van der Waals surface area contributed by atoms with Crippen molar-refractivity contribution in [1.29, 1.82) is 0 Å². The fourth-order valence-corrected chi connectivity index (χ4v) is 4.35. The summed E-state index contributed by atoms with van der Waals surface area (Å²) in [6.07, 6.45) is -6.52. The highest BCUT2D eigenvalue weighted by Crippen LogP contribution is 2.39. The first kappa shape index (κ1) is 22.1. The van der Waals surface area contributed by atoms with Gasteiger partial charge >= 0.3 is 0 Å². The molecule has 0 saturated carbocycles. The lowest BCUT2D eigenvalue weighted by Gasteiger charge is -2.44. The molecule has 9 atom stereocenters. The number of aliphatic hydroxyl groups excluding tert-OH is 4. The molecule has 0 aromatic rings. The third-order valence-electron chi connectivity index (χ3n) is 5.28. The number of amides is 1. The summed E-state index contributed by atoms with van der Waals surface area (Å²) in [5.74, 6) is -2.25. The Labute approximate surface area is 166 Å². The zero-order chi connectivity index (χ0) is 21.5. The number of nitrogens with one attached hydrogen (secondary N) is 1. The van der Waals surface area contributed by atoms with Crippen molar-refractivity contribution in [2.45, 2.75) is 48.8 Å². The average Bonchev–Trinajstić information content (AvgIpc) is 2.67. The van der Waals surface area contributed by atoms with Crippen molar-refractivity contribution in [3.05, 3.63) is 24.5 Å². The maximum atomic E-state index is 12.2. The van der Waals surface area contributed by atoms with Crippen LogP contribution in [-0.4, -0.2) is 88.3 Å². The van der Waals surface area contributed by atoms with E-state index in [2.05, 4.69) is 11.9 Å². The molecule has 3 rings (SSSR count). The van der Waals surface area contributed by atoms with Crippen LogP contribution in [0.3, 0.4) is 0 Å². The Balaban J connectivity index is 1.81. The summed E-state index contributed by atoms with van der Waals surface area (Å²) in [4.78, 5) is 12.2. The van der Waals surface area contributed by atoms with Crippen LogP contribution < -0.4 is 5.32 Å². The number of ether oxygens (including phenoxy) is 3. The summed E-state index contributed by atoms with van der Waals surface area (Å²) in [6, 6.07) is 0. The number of carbonyl (C=O) groups excluding carboxylic acids is 1. The number of carbonyl (C=O) groups is 1. The van der Waals surface area contributed by atoms with Crippen molar-refractivity contribution in [2.24, 2.45) is 11.8 Å². The molecule has 0 aliphatic carbocycles. The van der Waals surface area contributed by atoms with Gasteiger partial charge in [-0.25, -0.2) is 0 Å². The average molecular weight is 437 g/mol. The lowest BCUT2D eigenvalue weighted by atomic mass is 9.79. The van der Waals surface area contributed by atoms with Crippen molar-refractivity contribution in [1.82, 2.24) is 5.32 Å². The summed E-state index contributed by atoms with van der Waals surface area (Å²) in [6.45, 7) is 3.00. The highest BCUT2D eigenvalue weighted by atomic mass is 32.2. The summed E-state index contributed by atoms with van der Waals surface area (Å²) < 4.78 is 48.5. The maximum Gasteiger partial charge on any atom is 0.286 e. The number of aliphatic hydroxyl groups is 4. The van der Waals surface area contributed by atoms with Crippen LogP contribution in [-0.2, 0) is 29.1 Å². The molecule has 3 aliphatic heterocycles. The monoisotopic (exact) mass is 437 g/mol. The Morgan fingerprint density at radius 2 is 1.93 bits per heavy atom. The Hall–Kier alpha value is -1.58. The molecule has 1 amide bonds. The van der Waals surface area contributed by atoms with Crippen molar-refractivity contribution in [2.75, 3.05) is 6.61 Å². The van der Waals surface area contributed by atoms with Crippen molar-refractivity contribution >= 4 is 16.0 Å². The van der Waals surface area contributed by atoms with E-state index >= 15 is 0 Å². The molecule has 0 aromatic heterocycles. The predicted octanol–water partition coefficient (Wildman–Crippen LogP) is -2.80. The first-order chi connectivity index (χ1) is 13.6. The van der Waals surface area contributed by atoms with Gasteiger partial charge in [0.05, 0.1) is 18.4 Å². The summed E-state index contributed by atoms with van der Waals surface area (Å²) in [5.41, 5.74) is 0.128. The molecule has 2 fully saturated rings. The van der Waals surface area contributed by atoms with E-state index in [1.54, 1.807) is 0 Å². The number of hydrogen-bond donors (Lipinski definition) is 6. The third-order valence-corrected chi connectivity index (χ3v) is 6.31. The molecule has 12 nitrogen and oxygen atoms in total. The molecule has 13 heteroatoms. The molecular formula is C16H23NO11S. The second-order valence-electron chi connectivity index (χ2n) is 7.04. The van der Waals surface area contributed by atoms with Crippen LogP contribution >= 0.6 is 0 Å². The second kappa shape index (κ2) is 8.28. The van der Waals surface area contributed by atoms with Crippen LogP contribution in [0.1, 0.15) is 6.42 Å². The van der Waals surface area contributed by atoms with E-state index in [0.29, 0.717) is 0 Å². The number of rotatable bonds is 5. The summed E-state index contributed by atoms with van der Waals surface area (Å²) >= 11 is 0. The fourth-order valence-electron chi connectivity index (χ4n) is 3.65. The molecule has 0 aromatic carbocycles. The van der Waals surface area contributed by atoms with Crippen LogP contribution in [0.2, 0.25) is 0 Å². The van der Waals surface area contributed by atoms with Crippen molar-refractivity contribution in [3.8, 4) is 0 Å². The van der Waals surface area contributed by atoms with E-state index in [-0.39, 0.29) is 12.0 Å². The molecule has 0 unspecified atom stereocenters. The van der Waals surface area contributed by atoms with Crippen LogP contribution in [0, 0.1) is 11.8 Å². The quantitative estimate of drug-likeness (QED) is 0.192. The minimum absolute atomic E-state index is 0.128. The first-order valence-corrected chi connectivity index (χ1v) is 10.3. The van der Waals surface area contributed by atoms with Crippen molar-refractivity contribution < 1.29 is 52.4 Å². The molecule has 0 spiro atoms. The number of hydrogen-bond acceptors (Lipinski definition) is 10. The second-order valence-corrected chi connectivity index (χ2v) is 8.64. The SMILES string of the molecule is C=C[C@H]1[C@H](O[C@@H]2O[C@H](CO)[C@@H](O)[C@H](O)[C@H]2O)OC=C2C(=O)N[C@@H](S(=O)(=O)O)C[C@H]21. The van der Waals surface area contributed by atoms with Crippen molar-refractivity contribution in [3.63, 3.8) is 0 Å². The zero-order valence-electron chi connectivity index (χ0n) is 15.1. The third kappa shape index (κ3) is 4.18. The molecular weight excluding hydrogens is 414 g/mol. The van der Waals surface area contributed by atoms with Gasteiger partial charge in [-0.1, -0.05) is 6.08 Å². The Bertz CT molecular complexity index is 782. The van der Waals surface area contributed by atoms with Gasteiger partial charge < -0.3 is 40.0 Å². The minimum atomic E-state index is -4.55. The van der Waals surface area contributed by atoms with Crippen LogP contribution in [0.5, 0.6) is 0 Å². The standard InChI is InChI=1S/C16H23NO11S/c1-2-6-7-3-10(29(23,24)25)17-14(22)8(7)5-26-15(6)28-16-13(21)12(20)11(19)9(4-18)27-16/h2,5-7,9-13,15-16,18-21H,1,3-4H2,(H,17,22)(H,23,24,25)/t6-,7+,9-,10+,11-,12+,13-,15+,16+/m1/s1. The normalized spacial score (nSPS) is 42.9. The highest BCUT2D eigenvalue weighted by molar-refractivity contribution is 7.86. The fraction of sp³-hybridized carbons (Fsp3) is 0.688. The summed E-state index contributed by atoms with van der Waals surface area (Å²) in [7, 11) is -4.55. The van der Waals surface area contributed by atoms with E-state index in [1.165, 1.54) is 6.08 Å². The molecule has 3 aliphatic rings. The van der Waals surface area contributed by atoms with Crippen LogP contribution in [0.4, 0.5) is 0 Å². The molecule has 0 radical (unpaired) electrons. The largest absolute Gasteiger partial charge is 0.471 e. The van der Waals surface area contributed by atoms with E-state index in [1.807, 2.05) is 0 Å². The maximum absolute atomic E-state index is 12.2. The van der Waals surface area contributed by atoms with E-state index < -0.39 is 76.8 Å². The number of piperidine rings is 1. The van der Waals surface area contributed by atoms with Crippen LogP contribution in [0.25, 0.3) is 0 Å². The first-order valence-electron chi connectivity index (χ1n) is 8.79. The predicted molar refractivity (Wildman–Crippen MR) is 93.1 cm³/mol. The number of fused-ring (bicyclic) bond motifs is 1. The van der Waals surface area contributed by atoms with Crippen LogP contribution in [0.15, 0.2) is 24.5 Å². The summed E-state index contributed by atoms with van der Waals surface area (Å²) in [5, 5.41) is 39.7. The molecule has 164 valence electrons. The van der Waals surface area contributed by atoms with Gasteiger partial charge in [0, 0.05) is 11.8 Å². The van der Waals surface area contributed by atoms with E-state index in [4.69, 9.17) is 14.2 Å². The minimum Gasteiger partial charge on any atom is -0.471 e. The molecule has 2 saturated heterocycles. The van der Waals surface area contributed by atoms with Gasteiger partial charge in [-0.05, 0) is 6.42 Å². The Morgan fingerprint density at radius 3 is 2.52 bits per heavy atom. The van der Waals surface area contributed by atoms with Gasteiger partial charge in [-0.2, -0.15) is 8.42 Å². The van der Waals surface area contributed by atoms with Gasteiger partial charge in [0.2, 0.25) is 6.29 Å². The Morgan fingerprint density at radius 1 is 1.24 bits per heavy atom. The molecule has 3 heterocycles. The van der Waals surface area contributed by atoms with Gasteiger partial charge in [-0.15, -0.1) is 6.58 Å².